The molecule has 3 amide bonds. The lowest BCUT2D eigenvalue weighted by atomic mass is 9.94. The summed E-state index contributed by atoms with van der Waals surface area (Å²) < 4.78 is 16.4. The third-order valence-electron chi connectivity index (χ3n) is 12.5. The molecule has 1 aliphatic heterocycles. The van der Waals surface area contributed by atoms with Gasteiger partial charge in [-0.25, -0.2) is 4.39 Å². The lowest BCUT2D eigenvalue weighted by Gasteiger charge is -2.21. The molecule has 5 rings (SSSR count). The van der Waals surface area contributed by atoms with E-state index in [4.69, 9.17) is 0 Å². The Hall–Kier alpha value is -5.06. The number of para-hydroxylation sites is 1. The summed E-state index contributed by atoms with van der Waals surface area (Å²) in [7, 11) is 0. The van der Waals surface area contributed by atoms with E-state index in [0.29, 0.717) is 54.9 Å². The highest BCUT2D eigenvalue weighted by molar-refractivity contribution is 6.12. The van der Waals surface area contributed by atoms with Gasteiger partial charge >= 0.3 is 0 Å². The number of unbranched alkanes of at least 4 members (excludes halogenated alkanes) is 11. The highest BCUT2D eigenvalue weighted by atomic mass is 19.1. The Labute approximate surface area is 387 Å². The van der Waals surface area contributed by atoms with Crippen LogP contribution in [0.15, 0.2) is 97.1 Å². The van der Waals surface area contributed by atoms with Crippen molar-refractivity contribution in [2.45, 2.75) is 167 Å². The molecule has 0 bridgehead atoms. The number of hydrogen-bond acceptors (Lipinski definition) is 5. The van der Waals surface area contributed by atoms with Crippen LogP contribution < -0.4 is 10.6 Å². The molecular formula is C55H75FN4O5. The van der Waals surface area contributed by atoms with Gasteiger partial charge in [-0.15, -0.1) is 0 Å². The molecule has 1 fully saturated rings. The summed E-state index contributed by atoms with van der Waals surface area (Å²) in [4.78, 5) is 42.2. The van der Waals surface area contributed by atoms with Crippen LogP contribution in [0.3, 0.4) is 0 Å². The van der Waals surface area contributed by atoms with Crippen LogP contribution in [0.5, 0.6) is 0 Å². The zero-order chi connectivity index (χ0) is 46.4. The van der Waals surface area contributed by atoms with Crippen molar-refractivity contribution in [2.24, 2.45) is 0 Å². The highest BCUT2D eigenvalue weighted by Gasteiger charge is 2.32. The average Bonchev–Trinajstić information content (AvgIpc) is 3.91. The van der Waals surface area contributed by atoms with Gasteiger partial charge in [-0.3, -0.25) is 14.4 Å². The van der Waals surface area contributed by atoms with Gasteiger partial charge in [0.2, 0.25) is 11.8 Å². The quantitative estimate of drug-likeness (QED) is 0.0334. The summed E-state index contributed by atoms with van der Waals surface area (Å²) in [6.07, 6.45) is 19.7. The number of rotatable bonds is 28. The number of nitrogens with zero attached hydrogens (tertiary/aromatic N) is 2. The summed E-state index contributed by atoms with van der Waals surface area (Å²) >= 11 is 0. The van der Waals surface area contributed by atoms with Gasteiger partial charge < -0.3 is 30.3 Å². The summed E-state index contributed by atoms with van der Waals surface area (Å²) in [6.45, 7) is 7.66. The van der Waals surface area contributed by atoms with Gasteiger partial charge in [-0.2, -0.15) is 0 Å². The fourth-order valence-corrected chi connectivity index (χ4v) is 9.11. The Morgan fingerprint density at radius 2 is 1.38 bits per heavy atom. The van der Waals surface area contributed by atoms with Crippen LogP contribution in [-0.4, -0.2) is 68.7 Å². The van der Waals surface area contributed by atoms with E-state index in [2.05, 4.69) is 29.7 Å². The third kappa shape index (κ3) is 16.4. The number of halogens is 1. The van der Waals surface area contributed by atoms with Crippen molar-refractivity contribution in [3.8, 4) is 22.4 Å². The molecule has 1 aliphatic rings. The number of benzene rings is 3. The number of aliphatic hydroxyl groups is 2. The zero-order valence-corrected chi connectivity index (χ0v) is 39.3. The average molecular weight is 891 g/mol. The fraction of sp³-hybridized carbons (Fsp3) is 0.509. The number of carbonyl (C=O) groups excluding carboxylic acids is 3. The lowest BCUT2D eigenvalue weighted by molar-refractivity contribution is -0.131. The first-order chi connectivity index (χ1) is 31.5. The van der Waals surface area contributed by atoms with Gasteiger partial charge in [0.1, 0.15) is 5.82 Å². The number of nitrogens with one attached hydrogen (secondary N) is 2. The maximum absolute atomic E-state index is 14.4. The highest BCUT2D eigenvalue weighted by Crippen LogP contribution is 2.43. The number of anilines is 1. The molecule has 0 spiro atoms. The predicted octanol–water partition coefficient (Wildman–Crippen LogP) is 12.0. The van der Waals surface area contributed by atoms with E-state index >= 15 is 0 Å². The molecule has 1 saturated heterocycles. The second-order valence-corrected chi connectivity index (χ2v) is 18.2. The van der Waals surface area contributed by atoms with Crippen molar-refractivity contribution in [1.29, 1.82) is 0 Å². The molecule has 0 radical (unpaired) electrons. The van der Waals surface area contributed by atoms with Crippen LogP contribution in [-0.2, 0) is 16.1 Å². The Morgan fingerprint density at radius 1 is 0.769 bits per heavy atom. The molecule has 3 aromatic carbocycles. The standard InChI is InChI=1S/C55H75FN4O5/c1-4-5-6-7-8-9-10-11-12-13-14-15-16-17-24-29-50(64)59-36-34-46(40-59)57-49(63)39-48(62)38-47(61)35-37-60-53(41(2)3)52(55(65)58-45-27-22-19-23-28-45)51(42-25-20-18-21-26-42)54(60)43-30-32-44(56)33-31-43/h11-12,18-23,25-28,30-33,41,46-48,61-62H,4-10,13-17,24,29,34-40H2,1-3H3,(H,57,63)(H,58,65)/b12-11-/t46-,47-,48-/m1/s1. The Balaban J connectivity index is 1.10. The number of carbonyl (C=O) groups is 3. The van der Waals surface area contributed by atoms with Crippen LogP contribution in [0.1, 0.15) is 158 Å². The minimum atomic E-state index is -1.08. The molecule has 4 aromatic rings. The fourth-order valence-electron chi connectivity index (χ4n) is 9.11. The van der Waals surface area contributed by atoms with E-state index in [1.807, 2.05) is 84.0 Å². The van der Waals surface area contributed by atoms with Crippen LogP contribution in [0.2, 0.25) is 0 Å². The van der Waals surface area contributed by atoms with Crippen molar-refractivity contribution in [3.63, 3.8) is 0 Å². The van der Waals surface area contributed by atoms with Gasteiger partial charge in [0.25, 0.3) is 5.91 Å². The smallest absolute Gasteiger partial charge is 0.258 e. The van der Waals surface area contributed by atoms with Crippen LogP contribution in [0.4, 0.5) is 10.1 Å². The molecule has 3 atom stereocenters. The topological polar surface area (TPSA) is 124 Å². The normalized spacial score (nSPS) is 14.9. The molecule has 0 saturated carbocycles. The number of hydrogen-bond donors (Lipinski definition) is 4. The second kappa shape index (κ2) is 27.4. The third-order valence-corrected chi connectivity index (χ3v) is 12.5. The summed E-state index contributed by atoms with van der Waals surface area (Å²) in [6, 6.07) is 25.0. The van der Waals surface area contributed by atoms with Crippen molar-refractivity contribution in [2.75, 3.05) is 18.4 Å². The first-order valence-corrected chi connectivity index (χ1v) is 24.6. The molecule has 352 valence electrons. The number of aromatic nitrogens is 1. The van der Waals surface area contributed by atoms with E-state index in [1.165, 1.54) is 69.9 Å². The molecule has 10 heteroatoms. The number of likely N-dealkylation sites (tertiary alicyclic amines) is 1. The maximum Gasteiger partial charge on any atom is 0.258 e. The zero-order valence-electron chi connectivity index (χ0n) is 39.3. The van der Waals surface area contributed by atoms with Crippen molar-refractivity contribution in [1.82, 2.24) is 14.8 Å². The minimum absolute atomic E-state index is 0.0181. The summed E-state index contributed by atoms with van der Waals surface area (Å²) in [5.41, 5.74) is 4.88. The van der Waals surface area contributed by atoms with E-state index in [0.717, 1.165) is 42.6 Å². The lowest BCUT2D eigenvalue weighted by Crippen LogP contribution is -2.39. The number of aliphatic hydroxyl groups excluding tert-OH is 2. The van der Waals surface area contributed by atoms with Gasteiger partial charge in [-0.1, -0.05) is 133 Å². The van der Waals surface area contributed by atoms with E-state index in [-0.39, 0.29) is 54.8 Å². The van der Waals surface area contributed by atoms with Crippen molar-refractivity contribution in [3.05, 3.63) is 114 Å². The first-order valence-electron chi connectivity index (χ1n) is 24.6. The van der Waals surface area contributed by atoms with Gasteiger partial charge in [0.05, 0.1) is 29.9 Å². The maximum atomic E-state index is 14.4. The Kier molecular flexibility index (Phi) is 21.5. The molecule has 0 aliphatic carbocycles. The molecule has 4 N–H and O–H groups in total. The van der Waals surface area contributed by atoms with Crippen molar-refractivity contribution < 1.29 is 29.0 Å². The number of allylic oxidation sites excluding steroid dienone is 2. The van der Waals surface area contributed by atoms with Crippen LogP contribution in [0, 0.1) is 5.82 Å². The minimum Gasteiger partial charge on any atom is -0.393 e. The largest absolute Gasteiger partial charge is 0.393 e. The van der Waals surface area contributed by atoms with Gasteiger partial charge in [0, 0.05) is 49.0 Å². The van der Waals surface area contributed by atoms with Crippen LogP contribution >= 0.6 is 0 Å². The molecule has 0 unspecified atom stereocenters. The first kappa shape index (κ1) is 50.9. The van der Waals surface area contributed by atoms with Gasteiger partial charge in [0.15, 0.2) is 0 Å². The summed E-state index contributed by atoms with van der Waals surface area (Å²) in [5.74, 6) is -0.961. The predicted molar refractivity (Wildman–Crippen MR) is 262 cm³/mol. The second-order valence-electron chi connectivity index (χ2n) is 18.2. The Morgan fingerprint density at radius 3 is 2.03 bits per heavy atom. The van der Waals surface area contributed by atoms with E-state index < -0.39 is 12.2 Å². The van der Waals surface area contributed by atoms with E-state index in [1.54, 1.807) is 12.1 Å². The van der Waals surface area contributed by atoms with Crippen molar-refractivity contribution >= 4 is 23.4 Å². The monoisotopic (exact) mass is 891 g/mol. The molecular weight excluding hydrogens is 816 g/mol. The molecule has 65 heavy (non-hydrogen) atoms. The van der Waals surface area contributed by atoms with Gasteiger partial charge in [-0.05, 0) is 105 Å². The van der Waals surface area contributed by atoms with E-state index in [9.17, 15) is 29.0 Å². The molecule has 1 aromatic heterocycles. The molecule has 2 heterocycles. The summed E-state index contributed by atoms with van der Waals surface area (Å²) in [5, 5.41) is 28.4. The molecule has 9 nitrogen and oxygen atoms in total. The SMILES string of the molecule is CCCCCCCC/C=C\CCCCCCCC(=O)N1CC[C@@H](NC(=O)C[C@H](O)C[C@H](O)CCn2c(-c3ccc(F)cc3)c(-c3ccccc3)c(C(=O)Nc3ccccc3)c2C(C)C)C1. The van der Waals surface area contributed by atoms with Crippen LogP contribution in [0.25, 0.3) is 22.4 Å². The Bertz CT molecular complexity index is 2070. The number of amides is 3.